The van der Waals surface area contributed by atoms with E-state index < -0.39 is 28.9 Å². The number of aliphatic hydroxyl groups is 1. The van der Waals surface area contributed by atoms with Crippen LogP contribution in [0.2, 0.25) is 0 Å². The molecule has 4 rings (SSSR count). The molecule has 3 N–H and O–H groups in total. The number of aryl methyl sites for hydroxylation is 1. The van der Waals surface area contributed by atoms with E-state index in [9.17, 15) is 18.7 Å². The fourth-order valence-electron chi connectivity index (χ4n) is 4.53. The molecule has 2 aromatic heterocycles. The fraction of sp³-hybridized carbons (Fsp3) is 0.462. The topological polar surface area (TPSA) is 103 Å². The van der Waals surface area contributed by atoms with Crippen LogP contribution in [-0.4, -0.2) is 50.7 Å². The van der Waals surface area contributed by atoms with Gasteiger partial charge in [-0.3, -0.25) is 4.79 Å². The van der Waals surface area contributed by atoms with Crippen LogP contribution in [0.4, 0.5) is 24.7 Å². The average molecular weight is 517 g/mol. The van der Waals surface area contributed by atoms with Crippen molar-refractivity contribution in [3.8, 4) is 0 Å². The van der Waals surface area contributed by atoms with Gasteiger partial charge in [0.1, 0.15) is 23.1 Å². The molecule has 0 radical (unpaired) electrons. The van der Waals surface area contributed by atoms with E-state index in [1.807, 2.05) is 6.07 Å². The number of amides is 1. The number of nitrogens with one attached hydrogen (secondary N) is 2. The molecule has 11 heteroatoms. The lowest BCUT2D eigenvalue weighted by Gasteiger charge is -2.30. The molecule has 1 amide bonds. The zero-order valence-electron chi connectivity index (χ0n) is 21.4. The van der Waals surface area contributed by atoms with Gasteiger partial charge >= 0.3 is 5.92 Å². The molecule has 1 saturated heterocycles. The summed E-state index contributed by atoms with van der Waals surface area (Å²) >= 11 is 0. The van der Waals surface area contributed by atoms with Crippen LogP contribution in [0.25, 0.3) is 11.0 Å². The highest BCUT2D eigenvalue weighted by atomic mass is 19.3. The molecule has 198 valence electrons. The van der Waals surface area contributed by atoms with Crippen LogP contribution in [0.3, 0.4) is 0 Å². The van der Waals surface area contributed by atoms with Crippen molar-refractivity contribution in [1.29, 1.82) is 0 Å². The third-order valence-electron chi connectivity index (χ3n) is 6.56. The maximum atomic E-state index is 15.3. The fourth-order valence-corrected chi connectivity index (χ4v) is 4.53. The minimum Gasteiger partial charge on any atom is -0.384 e. The van der Waals surface area contributed by atoms with Gasteiger partial charge in [-0.25, -0.2) is 19.3 Å². The predicted molar refractivity (Wildman–Crippen MR) is 135 cm³/mol. The summed E-state index contributed by atoms with van der Waals surface area (Å²) in [5.74, 6) is -4.14. The molecule has 8 nitrogen and oxygen atoms in total. The molecule has 0 spiro atoms. The Morgan fingerprint density at radius 3 is 2.68 bits per heavy atom. The number of halogens is 3. The Morgan fingerprint density at radius 2 is 2.00 bits per heavy atom. The van der Waals surface area contributed by atoms with Crippen molar-refractivity contribution in [2.24, 2.45) is 0 Å². The van der Waals surface area contributed by atoms with Crippen molar-refractivity contribution in [1.82, 2.24) is 20.3 Å². The molecule has 1 aromatic carbocycles. The largest absolute Gasteiger partial charge is 0.384 e. The minimum absolute atomic E-state index is 0.00708. The molecular weight excluding hydrogens is 485 g/mol. The van der Waals surface area contributed by atoms with Crippen LogP contribution in [-0.2, 0) is 10.7 Å². The number of rotatable bonds is 7. The number of anilines is 2. The predicted octanol–water partition coefficient (Wildman–Crippen LogP) is 4.22. The van der Waals surface area contributed by atoms with Crippen molar-refractivity contribution >= 4 is 28.4 Å². The molecular formula is C26H31F3N6O2. The van der Waals surface area contributed by atoms with Crippen LogP contribution in [0.5, 0.6) is 0 Å². The van der Waals surface area contributed by atoms with Crippen molar-refractivity contribution in [3.63, 3.8) is 0 Å². The first-order chi connectivity index (χ1) is 17.3. The zero-order valence-corrected chi connectivity index (χ0v) is 21.4. The van der Waals surface area contributed by atoms with Gasteiger partial charge in [0.15, 0.2) is 5.65 Å². The number of fused-ring (bicyclic) bond motifs is 1. The lowest BCUT2D eigenvalue weighted by Crippen LogP contribution is -2.41. The SMILES string of the molecule is CC(=O)N[C@@H]1CCN(c2cnc3nc(C)nc(NC(C)c4cccc(C(F)(F)C(C)(C)O)c4F)c3c2)C1. The van der Waals surface area contributed by atoms with E-state index in [2.05, 4.69) is 30.5 Å². The zero-order chi connectivity index (χ0) is 27.1. The second kappa shape index (κ2) is 9.77. The molecule has 1 aliphatic rings. The third kappa shape index (κ3) is 5.31. The van der Waals surface area contributed by atoms with Gasteiger partial charge < -0.3 is 20.6 Å². The summed E-state index contributed by atoms with van der Waals surface area (Å²) < 4.78 is 44.9. The quantitative estimate of drug-likeness (QED) is 0.432. The number of aromatic nitrogens is 3. The first-order valence-corrected chi connectivity index (χ1v) is 12.1. The van der Waals surface area contributed by atoms with Crippen LogP contribution >= 0.6 is 0 Å². The first-order valence-electron chi connectivity index (χ1n) is 12.1. The number of carbonyl (C=O) groups excluding carboxylic acids is 1. The highest BCUT2D eigenvalue weighted by Crippen LogP contribution is 2.41. The molecule has 1 aliphatic heterocycles. The molecule has 1 unspecified atom stereocenters. The molecule has 2 atom stereocenters. The number of carbonyl (C=O) groups is 1. The minimum atomic E-state index is -3.80. The lowest BCUT2D eigenvalue weighted by molar-refractivity contribution is -0.170. The Morgan fingerprint density at radius 1 is 1.27 bits per heavy atom. The van der Waals surface area contributed by atoms with Gasteiger partial charge in [0.25, 0.3) is 0 Å². The van der Waals surface area contributed by atoms with Gasteiger partial charge in [-0.1, -0.05) is 12.1 Å². The number of alkyl halides is 2. The van der Waals surface area contributed by atoms with Crippen molar-refractivity contribution in [3.05, 3.63) is 53.2 Å². The Hall–Kier alpha value is -3.47. The van der Waals surface area contributed by atoms with Gasteiger partial charge in [0, 0.05) is 31.6 Å². The summed E-state index contributed by atoms with van der Waals surface area (Å²) in [6, 6.07) is 4.92. The summed E-state index contributed by atoms with van der Waals surface area (Å²) in [7, 11) is 0. The molecule has 37 heavy (non-hydrogen) atoms. The highest BCUT2D eigenvalue weighted by molar-refractivity contribution is 5.89. The Bertz CT molecular complexity index is 1330. The van der Waals surface area contributed by atoms with Crippen molar-refractivity contribution in [2.45, 2.75) is 64.6 Å². The van der Waals surface area contributed by atoms with E-state index in [0.29, 0.717) is 29.2 Å². The lowest BCUT2D eigenvalue weighted by atomic mass is 9.91. The van der Waals surface area contributed by atoms with Crippen LogP contribution in [0.1, 0.15) is 57.1 Å². The van der Waals surface area contributed by atoms with Crippen molar-refractivity contribution in [2.75, 3.05) is 23.3 Å². The normalized spacial score (nSPS) is 17.2. The standard InChI is InChI=1S/C26H31F3N6O2/c1-14(19-7-6-8-21(22(19)27)26(28,29)25(4,5)37)31-24-20-11-18(12-30-23(20)32-15(2)33-24)35-10-9-17(13-35)34-16(3)36/h6-8,11-12,14,17,37H,9-10,13H2,1-5H3,(H,34,36)(H,30,31,32,33)/t14?,17-/m1/s1. The van der Waals surface area contributed by atoms with E-state index in [-0.39, 0.29) is 17.5 Å². The second-order valence-electron chi connectivity index (χ2n) is 10.0. The maximum Gasteiger partial charge on any atom is 0.303 e. The van der Waals surface area contributed by atoms with E-state index in [4.69, 9.17) is 0 Å². The van der Waals surface area contributed by atoms with Gasteiger partial charge in [0.2, 0.25) is 5.91 Å². The number of benzene rings is 1. The van der Waals surface area contributed by atoms with Crippen LogP contribution in [0.15, 0.2) is 30.5 Å². The van der Waals surface area contributed by atoms with E-state index in [1.54, 1.807) is 20.0 Å². The van der Waals surface area contributed by atoms with E-state index >= 15 is 4.39 Å². The summed E-state index contributed by atoms with van der Waals surface area (Å²) in [5, 5.41) is 16.6. The Labute approximate surface area is 213 Å². The molecule has 0 aliphatic carbocycles. The van der Waals surface area contributed by atoms with Gasteiger partial charge in [-0.2, -0.15) is 8.78 Å². The van der Waals surface area contributed by atoms with Gasteiger partial charge in [-0.05, 0) is 46.2 Å². The molecule has 3 aromatic rings. The van der Waals surface area contributed by atoms with E-state index in [0.717, 1.165) is 38.6 Å². The molecule has 3 heterocycles. The molecule has 1 fully saturated rings. The summed E-state index contributed by atoms with van der Waals surface area (Å²) in [5.41, 5.74) is -2.05. The number of hydrogen-bond acceptors (Lipinski definition) is 7. The number of hydrogen-bond donors (Lipinski definition) is 3. The van der Waals surface area contributed by atoms with Gasteiger partial charge in [-0.15, -0.1) is 0 Å². The van der Waals surface area contributed by atoms with Gasteiger partial charge in [0.05, 0.1) is 28.9 Å². The van der Waals surface area contributed by atoms with Crippen LogP contribution in [0, 0.1) is 12.7 Å². The Balaban J connectivity index is 1.66. The summed E-state index contributed by atoms with van der Waals surface area (Å²) in [6.45, 7) is 8.09. The van der Waals surface area contributed by atoms with Crippen molar-refractivity contribution < 1.29 is 23.1 Å². The summed E-state index contributed by atoms with van der Waals surface area (Å²) in [4.78, 5) is 26.9. The van der Waals surface area contributed by atoms with Crippen LogP contribution < -0.4 is 15.5 Å². The number of pyridine rings is 1. The summed E-state index contributed by atoms with van der Waals surface area (Å²) in [6.07, 6.45) is 2.51. The smallest absolute Gasteiger partial charge is 0.303 e. The average Bonchev–Trinajstić information content (AvgIpc) is 3.25. The monoisotopic (exact) mass is 516 g/mol. The maximum absolute atomic E-state index is 15.3. The molecule has 0 bridgehead atoms. The first kappa shape index (κ1) is 26.6. The second-order valence-corrected chi connectivity index (χ2v) is 10.0. The molecule has 0 saturated carbocycles. The third-order valence-corrected chi connectivity index (χ3v) is 6.56. The highest BCUT2D eigenvalue weighted by Gasteiger charge is 2.49. The van der Waals surface area contributed by atoms with E-state index in [1.165, 1.54) is 19.1 Å². The Kier molecular flexibility index (Phi) is 7.02. The number of nitrogens with zero attached hydrogens (tertiary/aromatic N) is 4.